The van der Waals surface area contributed by atoms with E-state index in [2.05, 4.69) is 20.6 Å². The van der Waals surface area contributed by atoms with E-state index in [4.69, 9.17) is 16.7 Å². The van der Waals surface area contributed by atoms with Crippen LogP contribution < -0.4 is 10.6 Å². The van der Waals surface area contributed by atoms with Gasteiger partial charge < -0.3 is 15.7 Å². The molecule has 3 N–H and O–H groups in total. The Labute approximate surface area is 118 Å². The molecule has 1 aromatic heterocycles. The van der Waals surface area contributed by atoms with Crippen molar-refractivity contribution < 1.29 is 14.7 Å². The van der Waals surface area contributed by atoms with Crippen molar-refractivity contribution in [3.8, 4) is 0 Å². The fourth-order valence-electron chi connectivity index (χ4n) is 1.40. The lowest BCUT2D eigenvalue weighted by Crippen LogP contribution is -2.20. The Kier molecular flexibility index (Phi) is 4.11. The van der Waals surface area contributed by atoms with Crippen LogP contribution in [0.1, 0.15) is 10.4 Å². The molecule has 0 aliphatic rings. The fraction of sp³-hybridized carbons (Fsp3) is 0. The zero-order valence-electron chi connectivity index (χ0n) is 10.0. The van der Waals surface area contributed by atoms with Crippen molar-refractivity contribution in [3.63, 3.8) is 0 Å². The second-order valence-electron chi connectivity index (χ2n) is 3.71. The van der Waals surface area contributed by atoms with Crippen LogP contribution in [0.5, 0.6) is 0 Å². The van der Waals surface area contributed by atoms with E-state index in [0.717, 1.165) is 0 Å². The lowest BCUT2D eigenvalue weighted by atomic mass is 10.2. The summed E-state index contributed by atoms with van der Waals surface area (Å²) in [5.74, 6) is -1.11. The first-order valence-corrected chi connectivity index (χ1v) is 5.80. The third-order valence-electron chi connectivity index (χ3n) is 2.28. The standard InChI is InChI=1S/C12H9ClN4O3/c13-9-2-1-7(11(18)19)3-10(9)17-12(20)16-8-4-14-6-15-5-8/h1-6H,(H,18,19)(H2,16,17,20). The van der Waals surface area contributed by atoms with Crippen molar-refractivity contribution in [2.24, 2.45) is 0 Å². The minimum Gasteiger partial charge on any atom is -0.478 e. The van der Waals surface area contributed by atoms with E-state index >= 15 is 0 Å². The van der Waals surface area contributed by atoms with E-state index < -0.39 is 12.0 Å². The number of amides is 2. The van der Waals surface area contributed by atoms with Gasteiger partial charge in [-0.05, 0) is 18.2 Å². The number of anilines is 2. The molecule has 0 unspecified atom stereocenters. The Hall–Kier alpha value is -2.67. The minimum absolute atomic E-state index is 0.0211. The molecule has 0 aliphatic heterocycles. The molecule has 20 heavy (non-hydrogen) atoms. The van der Waals surface area contributed by atoms with Gasteiger partial charge in [0.2, 0.25) is 0 Å². The molecule has 102 valence electrons. The zero-order valence-corrected chi connectivity index (χ0v) is 10.8. The normalized spacial score (nSPS) is 9.85. The molecule has 0 radical (unpaired) electrons. The Morgan fingerprint density at radius 2 is 1.85 bits per heavy atom. The van der Waals surface area contributed by atoms with Gasteiger partial charge in [0.05, 0.1) is 34.4 Å². The second kappa shape index (κ2) is 5.98. The molecule has 2 amide bonds. The van der Waals surface area contributed by atoms with Crippen LogP contribution in [0.15, 0.2) is 36.9 Å². The van der Waals surface area contributed by atoms with E-state index in [1.165, 1.54) is 36.9 Å². The number of carbonyl (C=O) groups excluding carboxylic acids is 1. The molecule has 0 fully saturated rings. The lowest BCUT2D eigenvalue weighted by Gasteiger charge is -2.09. The maximum absolute atomic E-state index is 11.7. The molecule has 1 heterocycles. The Morgan fingerprint density at radius 1 is 1.15 bits per heavy atom. The summed E-state index contributed by atoms with van der Waals surface area (Å²) >= 11 is 5.89. The number of nitrogens with zero attached hydrogens (tertiary/aromatic N) is 2. The molecule has 0 saturated carbocycles. The van der Waals surface area contributed by atoms with Crippen LogP contribution in [0.3, 0.4) is 0 Å². The van der Waals surface area contributed by atoms with Crippen molar-refractivity contribution in [1.29, 1.82) is 0 Å². The molecular weight excluding hydrogens is 284 g/mol. The summed E-state index contributed by atoms with van der Waals surface area (Å²) in [4.78, 5) is 30.1. The van der Waals surface area contributed by atoms with E-state index in [1.807, 2.05) is 0 Å². The fourth-order valence-corrected chi connectivity index (χ4v) is 1.57. The van der Waals surface area contributed by atoms with Crippen LogP contribution in [0.25, 0.3) is 0 Å². The monoisotopic (exact) mass is 292 g/mol. The highest BCUT2D eigenvalue weighted by atomic mass is 35.5. The third-order valence-corrected chi connectivity index (χ3v) is 2.61. The molecule has 0 bridgehead atoms. The van der Waals surface area contributed by atoms with Gasteiger partial charge in [-0.3, -0.25) is 0 Å². The van der Waals surface area contributed by atoms with Crippen molar-refractivity contribution in [1.82, 2.24) is 9.97 Å². The van der Waals surface area contributed by atoms with Crippen LogP contribution in [0.4, 0.5) is 16.2 Å². The van der Waals surface area contributed by atoms with Gasteiger partial charge in [-0.25, -0.2) is 19.6 Å². The summed E-state index contributed by atoms with van der Waals surface area (Å²) in [5, 5.41) is 14.1. The van der Waals surface area contributed by atoms with Gasteiger partial charge in [-0.2, -0.15) is 0 Å². The number of carboxylic acid groups (broad SMARTS) is 1. The highest BCUT2D eigenvalue weighted by Crippen LogP contribution is 2.23. The average Bonchev–Trinajstić information content (AvgIpc) is 2.42. The molecule has 2 rings (SSSR count). The number of hydrogen-bond donors (Lipinski definition) is 3. The van der Waals surface area contributed by atoms with Gasteiger partial charge in [-0.15, -0.1) is 0 Å². The second-order valence-corrected chi connectivity index (χ2v) is 4.11. The number of benzene rings is 1. The summed E-state index contributed by atoms with van der Waals surface area (Å²) in [6, 6.07) is 3.43. The number of rotatable bonds is 3. The Morgan fingerprint density at radius 3 is 2.50 bits per heavy atom. The Bertz CT molecular complexity index is 648. The first-order chi connectivity index (χ1) is 9.56. The largest absolute Gasteiger partial charge is 0.478 e. The van der Waals surface area contributed by atoms with E-state index in [9.17, 15) is 9.59 Å². The third kappa shape index (κ3) is 3.42. The number of aromatic nitrogens is 2. The molecule has 0 saturated heterocycles. The number of hydrogen-bond acceptors (Lipinski definition) is 4. The van der Waals surface area contributed by atoms with Gasteiger partial charge in [0.15, 0.2) is 0 Å². The van der Waals surface area contributed by atoms with Gasteiger partial charge in [0, 0.05) is 0 Å². The summed E-state index contributed by atoms with van der Waals surface area (Å²) in [6.45, 7) is 0. The molecule has 0 aliphatic carbocycles. The van der Waals surface area contributed by atoms with E-state index in [-0.39, 0.29) is 16.3 Å². The zero-order chi connectivity index (χ0) is 14.5. The number of nitrogens with one attached hydrogen (secondary N) is 2. The van der Waals surface area contributed by atoms with Crippen molar-refractivity contribution in [3.05, 3.63) is 47.5 Å². The minimum atomic E-state index is -1.11. The number of aromatic carboxylic acids is 1. The highest BCUT2D eigenvalue weighted by Gasteiger charge is 2.10. The van der Waals surface area contributed by atoms with Crippen molar-refractivity contribution in [2.75, 3.05) is 10.6 Å². The average molecular weight is 293 g/mol. The molecule has 1 aromatic carbocycles. The lowest BCUT2D eigenvalue weighted by molar-refractivity contribution is 0.0697. The molecule has 8 heteroatoms. The Balaban J connectivity index is 2.11. The molecule has 0 spiro atoms. The van der Waals surface area contributed by atoms with Gasteiger partial charge >= 0.3 is 12.0 Å². The van der Waals surface area contributed by atoms with Crippen molar-refractivity contribution >= 4 is 35.0 Å². The first kappa shape index (κ1) is 13.8. The summed E-state index contributed by atoms with van der Waals surface area (Å²) in [5.41, 5.74) is 0.615. The van der Waals surface area contributed by atoms with Crippen LogP contribution >= 0.6 is 11.6 Å². The van der Waals surface area contributed by atoms with Crippen LogP contribution in [0, 0.1) is 0 Å². The van der Waals surface area contributed by atoms with Crippen LogP contribution in [0.2, 0.25) is 5.02 Å². The van der Waals surface area contributed by atoms with Gasteiger partial charge in [-0.1, -0.05) is 11.6 Å². The molecule has 2 aromatic rings. The number of halogens is 1. The quantitative estimate of drug-likeness (QED) is 0.806. The van der Waals surface area contributed by atoms with Crippen LogP contribution in [-0.2, 0) is 0 Å². The summed E-state index contributed by atoms with van der Waals surface area (Å²) in [7, 11) is 0. The maximum atomic E-state index is 11.7. The summed E-state index contributed by atoms with van der Waals surface area (Å²) in [6.07, 6.45) is 4.17. The highest BCUT2D eigenvalue weighted by molar-refractivity contribution is 6.34. The number of carbonyl (C=O) groups is 2. The smallest absolute Gasteiger partial charge is 0.335 e. The van der Waals surface area contributed by atoms with Crippen LogP contribution in [-0.4, -0.2) is 27.1 Å². The topological polar surface area (TPSA) is 104 Å². The molecule has 7 nitrogen and oxygen atoms in total. The predicted octanol–water partition coefficient (Wildman–Crippen LogP) is 2.47. The van der Waals surface area contributed by atoms with E-state index in [0.29, 0.717) is 5.69 Å². The molecular formula is C12H9ClN4O3. The summed E-state index contributed by atoms with van der Waals surface area (Å²) < 4.78 is 0. The van der Waals surface area contributed by atoms with Gasteiger partial charge in [0.25, 0.3) is 0 Å². The number of carboxylic acids is 1. The predicted molar refractivity (Wildman–Crippen MR) is 73.1 cm³/mol. The van der Waals surface area contributed by atoms with E-state index in [1.54, 1.807) is 0 Å². The SMILES string of the molecule is O=C(Nc1cncnc1)Nc1cc(C(=O)O)ccc1Cl. The first-order valence-electron chi connectivity index (χ1n) is 5.42. The number of urea groups is 1. The molecule has 0 atom stereocenters. The maximum Gasteiger partial charge on any atom is 0.335 e. The van der Waals surface area contributed by atoms with Crippen molar-refractivity contribution in [2.45, 2.75) is 0 Å². The van der Waals surface area contributed by atoms with Gasteiger partial charge in [0.1, 0.15) is 6.33 Å².